The van der Waals surface area contributed by atoms with Crippen LogP contribution >= 0.6 is 11.3 Å². The van der Waals surface area contributed by atoms with E-state index in [4.69, 9.17) is 0 Å². The average molecular weight is 280 g/mol. The largest absolute Gasteiger partial charge is 0.479 e. The van der Waals surface area contributed by atoms with Gasteiger partial charge in [0.25, 0.3) is 0 Å². The lowest BCUT2D eigenvalue weighted by Crippen LogP contribution is -2.50. The van der Waals surface area contributed by atoms with Crippen molar-refractivity contribution in [1.82, 2.24) is 10.2 Å². The summed E-state index contributed by atoms with van der Waals surface area (Å²) in [6, 6.07) is 0.707. The highest BCUT2D eigenvalue weighted by Crippen LogP contribution is 2.37. The van der Waals surface area contributed by atoms with Gasteiger partial charge in [0.1, 0.15) is 0 Å². The molecule has 1 unspecified atom stereocenters. The number of hydrogen-bond donors (Lipinski definition) is 2. The fourth-order valence-electron chi connectivity index (χ4n) is 2.44. The first kappa shape index (κ1) is 12.5. The van der Waals surface area contributed by atoms with Crippen LogP contribution in [0.15, 0.2) is 11.4 Å². The lowest BCUT2D eigenvalue weighted by atomic mass is 10.0. The van der Waals surface area contributed by atoms with Crippen molar-refractivity contribution in [3.63, 3.8) is 0 Å². The monoisotopic (exact) mass is 280 g/mol. The van der Waals surface area contributed by atoms with Crippen LogP contribution in [0.2, 0.25) is 0 Å². The van der Waals surface area contributed by atoms with Gasteiger partial charge >= 0.3 is 12.0 Å². The van der Waals surface area contributed by atoms with Crippen LogP contribution in [-0.2, 0) is 11.2 Å². The normalized spacial score (nSPS) is 23.6. The Labute approximate surface area is 115 Å². The second-order valence-corrected chi connectivity index (χ2v) is 6.47. The van der Waals surface area contributed by atoms with Crippen molar-refractivity contribution in [2.75, 3.05) is 6.54 Å². The summed E-state index contributed by atoms with van der Waals surface area (Å²) in [6.07, 6.45) is 2.67. The number of nitrogens with one attached hydrogen (secondary N) is 1. The molecule has 2 aliphatic rings. The highest BCUT2D eigenvalue weighted by atomic mass is 32.1. The van der Waals surface area contributed by atoms with E-state index in [1.807, 2.05) is 18.4 Å². The predicted octanol–water partition coefficient (Wildman–Crippen LogP) is 1.99. The van der Waals surface area contributed by atoms with E-state index >= 15 is 0 Å². The fourth-order valence-corrected chi connectivity index (χ4v) is 3.35. The fraction of sp³-hybridized carbons (Fsp3) is 0.538. The quantitative estimate of drug-likeness (QED) is 0.870. The highest BCUT2D eigenvalue weighted by molar-refractivity contribution is 7.10. The van der Waals surface area contributed by atoms with Crippen LogP contribution in [-0.4, -0.2) is 34.1 Å². The van der Waals surface area contributed by atoms with Crippen LogP contribution in [0.3, 0.4) is 0 Å². The van der Waals surface area contributed by atoms with Crippen LogP contribution in [0.5, 0.6) is 0 Å². The van der Waals surface area contributed by atoms with Gasteiger partial charge in [-0.2, -0.15) is 0 Å². The van der Waals surface area contributed by atoms with Gasteiger partial charge in [-0.25, -0.2) is 9.59 Å². The minimum Gasteiger partial charge on any atom is -0.479 e. The van der Waals surface area contributed by atoms with Gasteiger partial charge in [-0.3, -0.25) is 0 Å². The molecule has 0 spiro atoms. The molecule has 1 saturated carbocycles. The Hall–Kier alpha value is -1.56. The molecule has 2 amide bonds. The number of rotatable bonds is 2. The molecule has 5 nitrogen and oxygen atoms in total. The zero-order chi connectivity index (χ0) is 13.6. The van der Waals surface area contributed by atoms with Crippen molar-refractivity contribution in [2.45, 2.75) is 37.8 Å². The molecule has 102 valence electrons. The van der Waals surface area contributed by atoms with E-state index in [1.54, 1.807) is 11.3 Å². The molecule has 2 N–H and O–H groups in total. The Morgan fingerprint density at radius 3 is 2.89 bits per heavy atom. The number of carbonyl (C=O) groups excluding carboxylic acids is 1. The summed E-state index contributed by atoms with van der Waals surface area (Å²) in [7, 11) is 0. The number of amides is 2. The molecule has 2 heterocycles. The SMILES string of the molecule is CC1(NC(=O)N2CCc3sccc3C2C(=O)O)CC1. The van der Waals surface area contributed by atoms with E-state index < -0.39 is 12.0 Å². The summed E-state index contributed by atoms with van der Waals surface area (Å²) in [4.78, 5) is 26.3. The van der Waals surface area contributed by atoms with Crippen molar-refractivity contribution in [3.8, 4) is 0 Å². The first-order chi connectivity index (χ1) is 9.00. The molecular weight excluding hydrogens is 264 g/mol. The molecule has 0 bridgehead atoms. The minimum atomic E-state index is -0.963. The van der Waals surface area contributed by atoms with Crippen molar-refractivity contribution >= 4 is 23.3 Å². The van der Waals surface area contributed by atoms with E-state index in [0.29, 0.717) is 6.54 Å². The smallest absolute Gasteiger partial charge is 0.331 e. The second-order valence-electron chi connectivity index (χ2n) is 5.47. The van der Waals surface area contributed by atoms with E-state index in [1.165, 1.54) is 4.90 Å². The molecule has 1 fully saturated rings. The van der Waals surface area contributed by atoms with Gasteiger partial charge in [0.15, 0.2) is 6.04 Å². The molecule has 19 heavy (non-hydrogen) atoms. The summed E-state index contributed by atoms with van der Waals surface area (Å²) in [5, 5.41) is 14.2. The summed E-state index contributed by atoms with van der Waals surface area (Å²) in [6.45, 7) is 2.45. The zero-order valence-electron chi connectivity index (χ0n) is 10.7. The van der Waals surface area contributed by atoms with Gasteiger partial charge < -0.3 is 15.3 Å². The van der Waals surface area contributed by atoms with Gasteiger partial charge in [0.2, 0.25) is 0 Å². The lowest BCUT2D eigenvalue weighted by Gasteiger charge is -2.34. The summed E-state index contributed by atoms with van der Waals surface area (Å²) >= 11 is 1.56. The van der Waals surface area contributed by atoms with Gasteiger partial charge in [0, 0.05) is 17.0 Å². The van der Waals surface area contributed by atoms with Gasteiger partial charge in [-0.05, 0) is 43.2 Å². The van der Waals surface area contributed by atoms with Crippen LogP contribution in [0.25, 0.3) is 0 Å². The standard InChI is InChI=1S/C13H16N2O3S/c1-13(4-5-13)14-12(18)15-6-2-9-8(3-7-19-9)10(15)11(16)17/h3,7,10H,2,4-6H2,1H3,(H,14,18)(H,16,17). The van der Waals surface area contributed by atoms with Crippen molar-refractivity contribution in [2.24, 2.45) is 0 Å². The van der Waals surface area contributed by atoms with Crippen LogP contribution < -0.4 is 5.32 Å². The highest BCUT2D eigenvalue weighted by Gasteiger charge is 2.43. The van der Waals surface area contributed by atoms with E-state index in [2.05, 4.69) is 5.32 Å². The third-order valence-corrected chi connectivity index (χ3v) is 4.87. The van der Waals surface area contributed by atoms with E-state index in [9.17, 15) is 14.7 Å². The van der Waals surface area contributed by atoms with Crippen molar-refractivity contribution in [1.29, 1.82) is 0 Å². The number of carboxylic acids is 1. The van der Waals surface area contributed by atoms with Crippen molar-refractivity contribution in [3.05, 3.63) is 21.9 Å². The Kier molecular flexibility index (Phi) is 2.78. The Morgan fingerprint density at radius 1 is 1.53 bits per heavy atom. The first-order valence-electron chi connectivity index (χ1n) is 6.38. The van der Waals surface area contributed by atoms with Gasteiger partial charge in [-0.15, -0.1) is 11.3 Å². The average Bonchev–Trinajstić information content (AvgIpc) is 2.91. The number of fused-ring (bicyclic) bond motifs is 1. The molecule has 1 aliphatic heterocycles. The summed E-state index contributed by atoms with van der Waals surface area (Å²) in [5.74, 6) is -0.963. The van der Waals surface area contributed by atoms with Gasteiger partial charge in [-0.1, -0.05) is 0 Å². The Balaban J connectivity index is 1.85. The first-order valence-corrected chi connectivity index (χ1v) is 7.26. The molecular formula is C13H16N2O3S. The molecule has 6 heteroatoms. The second kappa shape index (κ2) is 4.23. The van der Waals surface area contributed by atoms with Crippen LogP contribution in [0, 0.1) is 0 Å². The Bertz CT molecular complexity index is 536. The lowest BCUT2D eigenvalue weighted by molar-refractivity contribution is -0.142. The topological polar surface area (TPSA) is 69.6 Å². The zero-order valence-corrected chi connectivity index (χ0v) is 11.5. The number of nitrogens with zero attached hydrogens (tertiary/aromatic N) is 1. The van der Waals surface area contributed by atoms with Crippen LogP contribution in [0.1, 0.15) is 36.2 Å². The maximum Gasteiger partial charge on any atom is 0.331 e. The third-order valence-electron chi connectivity index (χ3n) is 3.87. The molecule has 1 aromatic rings. The number of urea groups is 1. The number of thiophene rings is 1. The number of carboxylic acid groups (broad SMARTS) is 1. The van der Waals surface area contributed by atoms with Gasteiger partial charge in [0.05, 0.1) is 0 Å². The summed E-state index contributed by atoms with van der Waals surface area (Å²) < 4.78 is 0. The summed E-state index contributed by atoms with van der Waals surface area (Å²) in [5.41, 5.74) is 0.634. The maximum atomic E-state index is 12.3. The minimum absolute atomic E-state index is 0.130. The molecule has 0 saturated heterocycles. The molecule has 1 aromatic heterocycles. The van der Waals surface area contributed by atoms with E-state index in [0.717, 1.165) is 29.7 Å². The maximum absolute atomic E-state index is 12.3. The molecule has 3 rings (SSSR count). The third kappa shape index (κ3) is 2.20. The number of hydrogen-bond acceptors (Lipinski definition) is 3. The number of carbonyl (C=O) groups is 2. The molecule has 0 aromatic carbocycles. The molecule has 0 radical (unpaired) electrons. The van der Waals surface area contributed by atoms with E-state index in [-0.39, 0.29) is 11.6 Å². The Morgan fingerprint density at radius 2 is 2.26 bits per heavy atom. The van der Waals surface area contributed by atoms with Crippen molar-refractivity contribution < 1.29 is 14.7 Å². The molecule has 1 atom stereocenters. The molecule has 1 aliphatic carbocycles. The van der Waals surface area contributed by atoms with Crippen LogP contribution in [0.4, 0.5) is 4.79 Å². The number of aliphatic carboxylic acids is 1. The predicted molar refractivity (Wildman–Crippen MR) is 71.3 cm³/mol.